The molecule has 0 saturated carbocycles. The molecule has 7 nitrogen and oxygen atoms in total. The Bertz CT molecular complexity index is 1020. The predicted molar refractivity (Wildman–Crippen MR) is 118 cm³/mol. The SMILES string of the molecule is Cc1ccc(C)c(NC(=O)N2CCCC(c3noc(COCc4ccccc4)n3)C2)c1. The summed E-state index contributed by atoms with van der Waals surface area (Å²) in [6, 6.07) is 15.9. The van der Waals surface area contributed by atoms with Gasteiger partial charge in [0.1, 0.15) is 6.61 Å². The molecule has 7 heteroatoms. The van der Waals surface area contributed by atoms with Crippen molar-refractivity contribution in [3.63, 3.8) is 0 Å². The molecular weight excluding hydrogens is 392 g/mol. The lowest BCUT2D eigenvalue weighted by molar-refractivity contribution is 0.0850. The van der Waals surface area contributed by atoms with Crippen LogP contribution in [0, 0.1) is 13.8 Å². The zero-order chi connectivity index (χ0) is 21.6. The van der Waals surface area contributed by atoms with E-state index in [2.05, 4.69) is 15.5 Å². The molecule has 1 aliphatic rings. The first-order chi connectivity index (χ1) is 15.1. The number of benzene rings is 2. The van der Waals surface area contributed by atoms with Crippen molar-refractivity contribution in [1.29, 1.82) is 0 Å². The number of nitrogens with zero attached hydrogens (tertiary/aromatic N) is 3. The molecule has 2 amide bonds. The van der Waals surface area contributed by atoms with Gasteiger partial charge in [-0.25, -0.2) is 4.79 Å². The summed E-state index contributed by atoms with van der Waals surface area (Å²) in [6.45, 7) is 6.07. The van der Waals surface area contributed by atoms with Gasteiger partial charge in [0.05, 0.1) is 6.61 Å². The number of hydrogen-bond donors (Lipinski definition) is 1. The number of carbonyl (C=O) groups is 1. The molecule has 0 radical (unpaired) electrons. The molecule has 0 spiro atoms. The summed E-state index contributed by atoms with van der Waals surface area (Å²) in [7, 11) is 0. The van der Waals surface area contributed by atoms with Crippen LogP contribution in [0.2, 0.25) is 0 Å². The van der Waals surface area contributed by atoms with Gasteiger partial charge in [-0.3, -0.25) is 0 Å². The van der Waals surface area contributed by atoms with E-state index in [0.717, 1.165) is 41.8 Å². The molecule has 2 aromatic carbocycles. The zero-order valence-corrected chi connectivity index (χ0v) is 18.0. The van der Waals surface area contributed by atoms with Crippen molar-refractivity contribution < 1.29 is 14.1 Å². The number of hydrogen-bond acceptors (Lipinski definition) is 5. The smallest absolute Gasteiger partial charge is 0.321 e. The summed E-state index contributed by atoms with van der Waals surface area (Å²) in [5.41, 5.74) is 4.11. The Hall–Kier alpha value is -3.19. The number of nitrogens with one attached hydrogen (secondary N) is 1. The Balaban J connectivity index is 1.32. The standard InChI is InChI=1S/C24H28N4O3/c1-17-10-11-18(2)21(13-17)25-24(29)28-12-6-9-20(14-28)23-26-22(31-27-23)16-30-15-19-7-4-3-5-8-19/h3-5,7-8,10-11,13,20H,6,9,12,14-16H2,1-2H3,(H,25,29). The van der Waals surface area contributed by atoms with Crippen LogP contribution in [0.1, 0.15) is 47.2 Å². The van der Waals surface area contributed by atoms with Gasteiger partial charge in [-0.05, 0) is 49.4 Å². The Labute approximate surface area is 182 Å². The third-order valence-corrected chi connectivity index (χ3v) is 5.53. The molecule has 1 saturated heterocycles. The number of aromatic nitrogens is 2. The van der Waals surface area contributed by atoms with Gasteiger partial charge < -0.3 is 19.5 Å². The summed E-state index contributed by atoms with van der Waals surface area (Å²) < 4.78 is 11.1. The number of urea groups is 1. The van der Waals surface area contributed by atoms with Gasteiger partial charge >= 0.3 is 6.03 Å². The van der Waals surface area contributed by atoms with E-state index < -0.39 is 0 Å². The number of anilines is 1. The summed E-state index contributed by atoms with van der Waals surface area (Å²) in [4.78, 5) is 19.2. The van der Waals surface area contributed by atoms with Crippen LogP contribution in [0.4, 0.5) is 10.5 Å². The lowest BCUT2D eigenvalue weighted by Gasteiger charge is -2.31. The number of likely N-dealkylation sites (tertiary alicyclic amines) is 1. The summed E-state index contributed by atoms with van der Waals surface area (Å²) >= 11 is 0. The quantitative estimate of drug-likeness (QED) is 0.619. The number of amides is 2. The van der Waals surface area contributed by atoms with Crippen LogP contribution in [-0.2, 0) is 18.0 Å². The van der Waals surface area contributed by atoms with Crippen molar-refractivity contribution in [3.05, 3.63) is 76.9 Å². The molecule has 162 valence electrons. The van der Waals surface area contributed by atoms with E-state index >= 15 is 0 Å². The van der Waals surface area contributed by atoms with E-state index in [-0.39, 0.29) is 18.6 Å². The van der Waals surface area contributed by atoms with Gasteiger partial charge in [-0.15, -0.1) is 0 Å². The van der Waals surface area contributed by atoms with Gasteiger partial charge in [0.15, 0.2) is 5.82 Å². The second-order valence-electron chi connectivity index (χ2n) is 8.06. The monoisotopic (exact) mass is 420 g/mol. The van der Waals surface area contributed by atoms with Gasteiger partial charge in [0, 0.05) is 24.7 Å². The van der Waals surface area contributed by atoms with Crippen molar-refractivity contribution in [2.24, 2.45) is 0 Å². The zero-order valence-electron chi connectivity index (χ0n) is 18.0. The van der Waals surface area contributed by atoms with Crippen LogP contribution < -0.4 is 5.32 Å². The Morgan fingerprint density at radius 2 is 2.03 bits per heavy atom. The molecule has 1 aliphatic heterocycles. The maximum atomic E-state index is 12.8. The molecule has 1 fully saturated rings. The van der Waals surface area contributed by atoms with Crippen LogP contribution in [0.25, 0.3) is 0 Å². The van der Waals surface area contributed by atoms with E-state index in [1.54, 1.807) is 0 Å². The molecule has 1 unspecified atom stereocenters. The highest BCUT2D eigenvalue weighted by atomic mass is 16.5. The minimum absolute atomic E-state index is 0.0599. The Morgan fingerprint density at radius 1 is 1.19 bits per heavy atom. The van der Waals surface area contributed by atoms with E-state index in [1.165, 1.54) is 0 Å². The highest BCUT2D eigenvalue weighted by Crippen LogP contribution is 2.26. The highest BCUT2D eigenvalue weighted by molar-refractivity contribution is 5.90. The molecule has 1 aromatic heterocycles. The van der Waals surface area contributed by atoms with E-state index in [1.807, 2.05) is 67.3 Å². The van der Waals surface area contributed by atoms with Gasteiger partial charge in [0.25, 0.3) is 5.89 Å². The van der Waals surface area contributed by atoms with Gasteiger partial charge in [-0.2, -0.15) is 4.98 Å². The van der Waals surface area contributed by atoms with Crippen molar-refractivity contribution in [2.45, 2.75) is 45.8 Å². The topological polar surface area (TPSA) is 80.5 Å². The average molecular weight is 421 g/mol. The first kappa shape index (κ1) is 21.1. The fourth-order valence-corrected chi connectivity index (χ4v) is 3.76. The molecule has 3 aromatic rings. The second-order valence-corrected chi connectivity index (χ2v) is 8.06. The van der Waals surface area contributed by atoms with Crippen LogP contribution in [0.15, 0.2) is 53.1 Å². The summed E-state index contributed by atoms with van der Waals surface area (Å²) in [5, 5.41) is 7.19. The third-order valence-electron chi connectivity index (χ3n) is 5.53. The minimum Gasteiger partial charge on any atom is -0.367 e. The largest absolute Gasteiger partial charge is 0.367 e. The number of rotatable bonds is 6. The maximum absolute atomic E-state index is 12.8. The number of carbonyl (C=O) groups excluding carboxylic acids is 1. The molecule has 0 bridgehead atoms. The van der Waals surface area contributed by atoms with Crippen LogP contribution in [0.5, 0.6) is 0 Å². The number of piperidine rings is 1. The van der Waals surface area contributed by atoms with Gasteiger partial charge in [-0.1, -0.05) is 47.6 Å². The van der Waals surface area contributed by atoms with E-state index in [9.17, 15) is 4.79 Å². The summed E-state index contributed by atoms with van der Waals surface area (Å²) in [6.07, 6.45) is 1.83. The van der Waals surface area contributed by atoms with Crippen LogP contribution in [0.3, 0.4) is 0 Å². The Kier molecular flexibility index (Phi) is 6.62. The molecule has 4 rings (SSSR count). The fraction of sp³-hybridized carbons (Fsp3) is 0.375. The molecule has 0 aliphatic carbocycles. The summed E-state index contributed by atoms with van der Waals surface area (Å²) in [5.74, 6) is 1.16. The average Bonchev–Trinajstić information content (AvgIpc) is 3.26. The van der Waals surface area contributed by atoms with Crippen molar-refractivity contribution in [2.75, 3.05) is 18.4 Å². The van der Waals surface area contributed by atoms with E-state index in [0.29, 0.717) is 24.9 Å². The number of ether oxygens (including phenoxy) is 1. The van der Waals surface area contributed by atoms with Crippen molar-refractivity contribution in [1.82, 2.24) is 15.0 Å². The normalized spacial score (nSPS) is 16.3. The molecule has 1 N–H and O–H groups in total. The lowest BCUT2D eigenvalue weighted by atomic mass is 9.97. The molecule has 31 heavy (non-hydrogen) atoms. The first-order valence-corrected chi connectivity index (χ1v) is 10.7. The highest BCUT2D eigenvalue weighted by Gasteiger charge is 2.28. The van der Waals surface area contributed by atoms with Crippen molar-refractivity contribution in [3.8, 4) is 0 Å². The maximum Gasteiger partial charge on any atom is 0.321 e. The van der Waals surface area contributed by atoms with Gasteiger partial charge in [0.2, 0.25) is 0 Å². The molecular formula is C24H28N4O3. The molecule has 2 heterocycles. The third kappa shape index (κ3) is 5.49. The second kappa shape index (κ2) is 9.75. The van der Waals surface area contributed by atoms with Crippen LogP contribution in [-0.4, -0.2) is 34.2 Å². The van der Waals surface area contributed by atoms with E-state index in [4.69, 9.17) is 9.26 Å². The Morgan fingerprint density at radius 3 is 2.87 bits per heavy atom. The van der Waals surface area contributed by atoms with Crippen LogP contribution >= 0.6 is 0 Å². The number of aryl methyl sites for hydroxylation is 2. The molecule has 1 atom stereocenters. The fourth-order valence-electron chi connectivity index (χ4n) is 3.76. The minimum atomic E-state index is -0.0895. The predicted octanol–water partition coefficient (Wildman–Crippen LogP) is 4.81. The first-order valence-electron chi connectivity index (χ1n) is 10.7. The van der Waals surface area contributed by atoms with Crippen molar-refractivity contribution >= 4 is 11.7 Å². The lowest BCUT2D eigenvalue weighted by Crippen LogP contribution is -2.42.